The fourth-order valence-corrected chi connectivity index (χ4v) is 3.62. The Morgan fingerprint density at radius 3 is 2.59 bits per heavy atom. The van der Waals surface area contributed by atoms with Crippen molar-refractivity contribution in [3.63, 3.8) is 0 Å². The van der Waals surface area contributed by atoms with Gasteiger partial charge < -0.3 is 15.4 Å². The zero-order chi connectivity index (χ0) is 19.0. The monoisotopic (exact) mass is 510 g/mol. The average Bonchev–Trinajstić information content (AvgIpc) is 2.64. The van der Waals surface area contributed by atoms with Crippen molar-refractivity contribution in [2.45, 2.75) is 31.7 Å². The van der Waals surface area contributed by atoms with Crippen molar-refractivity contribution in [3.05, 3.63) is 35.1 Å². The maximum atomic E-state index is 13.5. The van der Waals surface area contributed by atoms with Crippen molar-refractivity contribution in [2.75, 3.05) is 46.2 Å². The van der Waals surface area contributed by atoms with Crippen LogP contribution in [-0.4, -0.2) is 62.5 Å². The fraction of sp³-hybridized carbons (Fsp3) is 0.632. The van der Waals surface area contributed by atoms with Crippen LogP contribution in [0.3, 0.4) is 0 Å². The molecule has 0 unspecified atom stereocenters. The van der Waals surface area contributed by atoms with Gasteiger partial charge in [0.15, 0.2) is 5.96 Å². The summed E-state index contributed by atoms with van der Waals surface area (Å²) in [6, 6.07) is 4.97. The van der Waals surface area contributed by atoms with Gasteiger partial charge in [0.2, 0.25) is 0 Å². The molecule has 0 spiro atoms. The van der Waals surface area contributed by atoms with Gasteiger partial charge in [-0.25, -0.2) is 4.39 Å². The van der Waals surface area contributed by atoms with E-state index in [0.717, 1.165) is 55.7 Å². The number of ether oxygens (including phenoxy) is 1. The maximum Gasteiger partial charge on any atom is 0.191 e. The summed E-state index contributed by atoms with van der Waals surface area (Å²) in [6.07, 6.45) is 2.02. The quantitative estimate of drug-likeness (QED) is 0.336. The first-order valence-electron chi connectivity index (χ1n) is 9.00. The van der Waals surface area contributed by atoms with Crippen LogP contribution in [0.2, 0.25) is 0 Å². The summed E-state index contributed by atoms with van der Waals surface area (Å²) in [7, 11) is 1.77. The lowest BCUT2D eigenvalue weighted by atomic mass is 10.0. The smallest absolute Gasteiger partial charge is 0.191 e. The Labute approximate surface area is 183 Å². The third kappa shape index (κ3) is 7.75. The van der Waals surface area contributed by atoms with E-state index in [9.17, 15) is 4.39 Å². The van der Waals surface area contributed by atoms with Crippen LogP contribution in [0.5, 0.6) is 0 Å². The molecular weight excluding hydrogens is 478 g/mol. The second kappa shape index (κ2) is 12.1. The minimum atomic E-state index is -0.187. The van der Waals surface area contributed by atoms with Crippen LogP contribution in [-0.2, 0) is 17.0 Å². The predicted molar refractivity (Wildman–Crippen MR) is 124 cm³/mol. The predicted octanol–water partition coefficient (Wildman–Crippen LogP) is 3.08. The number of aliphatic imine (C=N–C) groups is 1. The van der Waals surface area contributed by atoms with Crippen LogP contribution in [0.4, 0.5) is 4.39 Å². The molecule has 154 valence electrons. The Balaban J connectivity index is 0.00000364. The lowest BCUT2D eigenvalue weighted by Gasteiger charge is -2.41. The van der Waals surface area contributed by atoms with Crippen molar-refractivity contribution in [2.24, 2.45) is 4.99 Å². The summed E-state index contributed by atoms with van der Waals surface area (Å²) in [5.74, 6) is 1.36. The second-order valence-electron chi connectivity index (χ2n) is 7.04. The van der Waals surface area contributed by atoms with Crippen LogP contribution >= 0.6 is 35.7 Å². The normalized spacial score (nSPS) is 16.0. The fourth-order valence-electron chi connectivity index (χ4n) is 3.04. The van der Waals surface area contributed by atoms with Crippen LogP contribution in [0, 0.1) is 5.82 Å². The number of nitrogens with one attached hydrogen (secondary N) is 2. The number of hydrogen-bond acceptors (Lipinski definition) is 4. The molecule has 1 heterocycles. The number of thioether (sulfide) groups is 1. The van der Waals surface area contributed by atoms with Crippen LogP contribution in [0.1, 0.15) is 25.0 Å². The van der Waals surface area contributed by atoms with E-state index in [1.807, 2.05) is 12.3 Å². The Hall–Kier alpha value is -0.580. The number of nitrogens with zero attached hydrogens (tertiary/aromatic N) is 2. The molecule has 1 aliphatic rings. The van der Waals surface area contributed by atoms with E-state index in [0.29, 0.717) is 6.54 Å². The van der Waals surface area contributed by atoms with Crippen molar-refractivity contribution < 1.29 is 9.13 Å². The van der Waals surface area contributed by atoms with E-state index in [-0.39, 0.29) is 35.3 Å². The second-order valence-corrected chi connectivity index (χ2v) is 7.90. The summed E-state index contributed by atoms with van der Waals surface area (Å²) in [5, 5.41) is 6.76. The molecule has 1 fully saturated rings. The zero-order valence-corrected chi connectivity index (χ0v) is 19.8. The van der Waals surface area contributed by atoms with Gasteiger partial charge in [-0.15, -0.1) is 24.0 Å². The standard InChI is InChI=1S/C19H31FN4OS.HI/c1-19(2,24-7-9-25-10-8-24)14-23-18(21-3)22-12-15-5-6-17(20)11-16(15)13-26-4;/h5-6,11H,7-10,12-14H2,1-4H3,(H2,21,22,23);1H. The number of hydrogen-bond donors (Lipinski definition) is 2. The summed E-state index contributed by atoms with van der Waals surface area (Å²) in [5.41, 5.74) is 2.13. The Morgan fingerprint density at radius 1 is 1.26 bits per heavy atom. The molecule has 0 bridgehead atoms. The van der Waals surface area contributed by atoms with Crippen LogP contribution < -0.4 is 10.6 Å². The Bertz CT molecular complexity index is 609. The number of morpholine rings is 1. The third-order valence-electron chi connectivity index (χ3n) is 4.69. The summed E-state index contributed by atoms with van der Waals surface area (Å²) < 4.78 is 18.9. The first kappa shape index (κ1) is 24.5. The molecule has 1 saturated heterocycles. The molecule has 27 heavy (non-hydrogen) atoms. The molecular formula is C19H32FIN4OS. The molecule has 0 aliphatic carbocycles. The highest BCUT2D eigenvalue weighted by atomic mass is 127. The van der Waals surface area contributed by atoms with E-state index >= 15 is 0 Å². The lowest BCUT2D eigenvalue weighted by Crippen LogP contribution is -2.56. The van der Waals surface area contributed by atoms with E-state index in [1.54, 1.807) is 24.9 Å². The van der Waals surface area contributed by atoms with Crippen molar-refractivity contribution in [1.82, 2.24) is 15.5 Å². The minimum absolute atomic E-state index is 0. The highest BCUT2D eigenvalue weighted by Crippen LogP contribution is 2.17. The molecule has 1 aromatic rings. The zero-order valence-electron chi connectivity index (χ0n) is 16.7. The van der Waals surface area contributed by atoms with Gasteiger partial charge >= 0.3 is 0 Å². The van der Waals surface area contributed by atoms with Crippen molar-refractivity contribution in [3.8, 4) is 0 Å². The first-order chi connectivity index (χ1) is 12.5. The van der Waals surface area contributed by atoms with E-state index in [2.05, 4.69) is 34.4 Å². The van der Waals surface area contributed by atoms with Gasteiger partial charge in [-0.05, 0) is 43.4 Å². The number of halogens is 2. The van der Waals surface area contributed by atoms with Crippen molar-refractivity contribution in [1.29, 1.82) is 0 Å². The summed E-state index contributed by atoms with van der Waals surface area (Å²) >= 11 is 1.69. The number of benzene rings is 1. The largest absolute Gasteiger partial charge is 0.379 e. The molecule has 8 heteroatoms. The van der Waals surface area contributed by atoms with Gasteiger partial charge in [-0.1, -0.05) is 6.07 Å². The number of rotatable bonds is 7. The van der Waals surface area contributed by atoms with Gasteiger partial charge in [0.05, 0.1) is 13.2 Å². The molecule has 0 amide bonds. The van der Waals surface area contributed by atoms with Gasteiger partial charge in [0.1, 0.15) is 5.82 Å². The minimum Gasteiger partial charge on any atom is -0.379 e. The molecule has 0 radical (unpaired) electrons. The van der Waals surface area contributed by atoms with Gasteiger partial charge in [-0.2, -0.15) is 11.8 Å². The molecule has 1 aromatic carbocycles. The average molecular weight is 510 g/mol. The number of guanidine groups is 1. The Kier molecular flexibility index (Phi) is 10.9. The highest BCUT2D eigenvalue weighted by molar-refractivity contribution is 14.0. The van der Waals surface area contributed by atoms with Crippen molar-refractivity contribution >= 4 is 41.7 Å². The van der Waals surface area contributed by atoms with Gasteiger partial charge in [0.25, 0.3) is 0 Å². The summed E-state index contributed by atoms with van der Waals surface area (Å²) in [6.45, 7) is 9.35. The Morgan fingerprint density at radius 2 is 1.96 bits per heavy atom. The highest BCUT2D eigenvalue weighted by Gasteiger charge is 2.28. The molecule has 0 atom stereocenters. The molecule has 1 aliphatic heterocycles. The van der Waals surface area contributed by atoms with Crippen LogP contribution in [0.15, 0.2) is 23.2 Å². The SMILES string of the molecule is CN=C(NCc1ccc(F)cc1CSC)NCC(C)(C)N1CCOCC1.I. The first-order valence-corrected chi connectivity index (χ1v) is 10.4. The molecule has 2 rings (SSSR count). The van der Waals surface area contributed by atoms with Gasteiger partial charge in [-0.3, -0.25) is 9.89 Å². The van der Waals surface area contributed by atoms with E-state index < -0.39 is 0 Å². The van der Waals surface area contributed by atoms with Gasteiger partial charge in [0, 0.05) is 44.5 Å². The molecule has 0 aromatic heterocycles. The maximum absolute atomic E-state index is 13.5. The van der Waals surface area contributed by atoms with Crippen LogP contribution in [0.25, 0.3) is 0 Å². The van der Waals surface area contributed by atoms with E-state index in [4.69, 9.17) is 4.74 Å². The van der Waals surface area contributed by atoms with E-state index in [1.165, 1.54) is 6.07 Å². The molecule has 0 saturated carbocycles. The topological polar surface area (TPSA) is 48.9 Å². The molecule has 2 N–H and O–H groups in total. The third-order valence-corrected chi connectivity index (χ3v) is 5.29. The summed E-state index contributed by atoms with van der Waals surface area (Å²) in [4.78, 5) is 6.75. The molecule has 5 nitrogen and oxygen atoms in total. The lowest BCUT2D eigenvalue weighted by molar-refractivity contribution is -0.00834.